The molecule has 2 saturated carbocycles. The minimum atomic E-state index is -0.0339. The Morgan fingerprint density at radius 1 is 1.24 bits per heavy atom. The van der Waals surface area contributed by atoms with Gasteiger partial charge >= 0.3 is 5.97 Å². The summed E-state index contributed by atoms with van der Waals surface area (Å²) in [6.07, 6.45) is 4.93. The van der Waals surface area contributed by atoms with Crippen LogP contribution in [0.25, 0.3) is 0 Å². The molecule has 2 heteroatoms. The molecule has 114 valence electrons. The van der Waals surface area contributed by atoms with Crippen LogP contribution in [-0.4, -0.2) is 12.1 Å². The Morgan fingerprint density at radius 3 is 2.52 bits per heavy atom. The van der Waals surface area contributed by atoms with Crippen molar-refractivity contribution in [2.45, 2.75) is 59.0 Å². The van der Waals surface area contributed by atoms with Gasteiger partial charge in [-0.1, -0.05) is 51.1 Å². The standard InChI is InChI=1S/C19H26O2/c1-18(2)15-11-12-19(18,3)16(13-15)21-17(20)10-9-14-7-5-4-6-8-14/h4-8,15-16H,9-13H2,1-3H3/t15-,16-,19+/m0/s1. The third-order valence-electron chi connectivity index (χ3n) is 6.45. The van der Waals surface area contributed by atoms with E-state index in [2.05, 4.69) is 32.9 Å². The highest BCUT2D eigenvalue weighted by molar-refractivity contribution is 5.70. The molecule has 0 aliphatic heterocycles. The zero-order valence-corrected chi connectivity index (χ0v) is 13.4. The van der Waals surface area contributed by atoms with E-state index in [1.54, 1.807) is 0 Å². The van der Waals surface area contributed by atoms with Gasteiger partial charge in [0, 0.05) is 11.8 Å². The van der Waals surface area contributed by atoms with Gasteiger partial charge in [0.2, 0.25) is 0 Å². The van der Waals surface area contributed by atoms with E-state index in [1.165, 1.54) is 18.4 Å². The van der Waals surface area contributed by atoms with Crippen LogP contribution < -0.4 is 0 Å². The van der Waals surface area contributed by atoms with Crippen LogP contribution in [0.5, 0.6) is 0 Å². The van der Waals surface area contributed by atoms with E-state index >= 15 is 0 Å². The maximum Gasteiger partial charge on any atom is 0.306 e. The number of hydrogen-bond donors (Lipinski definition) is 0. The maximum absolute atomic E-state index is 12.2. The van der Waals surface area contributed by atoms with E-state index < -0.39 is 0 Å². The summed E-state index contributed by atoms with van der Waals surface area (Å²) >= 11 is 0. The number of esters is 1. The first-order valence-electron chi connectivity index (χ1n) is 8.17. The number of aryl methyl sites for hydroxylation is 1. The third-order valence-corrected chi connectivity index (χ3v) is 6.45. The summed E-state index contributed by atoms with van der Waals surface area (Å²) in [4.78, 5) is 12.2. The van der Waals surface area contributed by atoms with Crippen LogP contribution in [-0.2, 0) is 16.0 Å². The number of carbonyl (C=O) groups excluding carboxylic acids is 1. The molecule has 0 radical (unpaired) electrons. The molecule has 0 amide bonds. The molecule has 2 aliphatic carbocycles. The van der Waals surface area contributed by atoms with Gasteiger partial charge in [-0.25, -0.2) is 0 Å². The molecule has 2 bridgehead atoms. The molecule has 1 aromatic carbocycles. The molecule has 0 N–H and O–H groups in total. The second kappa shape index (κ2) is 5.15. The zero-order valence-electron chi connectivity index (χ0n) is 13.4. The van der Waals surface area contributed by atoms with Crippen molar-refractivity contribution in [2.75, 3.05) is 0 Å². The molecule has 1 aromatic rings. The Balaban J connectivity index is 1.57. The van der Waals surface area contributed by atoms with Crippen molar-refractivity contribution in [1.82, 2.24) is 0 Å². The normalized spacial score (nSPS) is 33.1. The van der Waals surface area contributed by atoms with Gasteiger partial charge in [-0.2, -0.15) is 0 Å². The van der Waals surface area contributed by atoms with Gasteiger partial charge in [-0.3, -0.25) is 4.79 Å². The van der Waals surface area contributed by atoms with Gasteiger partial charge in [-0.05, 0) is 42.6 Å². The smallest absolute Gasteiger partial charge is 0.306 e. The maximum atomic E-state index is 12.2. The molecule has 3 atom stereocenters. The quantitative estimate of drug-likeness (QED) is 0.768. The Labute approximate surface area is 127 Å². The summed E-state index contributed by atoms with van der Waals surface area (Å²) in [5.41, 5.74) is 1.67. The Bertz CT molecular complexity index is 520. The molecule has 0 saturated heterocycles. The van der Waals surface area contributed by atoms with E-state index in [0.717, 1.165) is 18.8 Å². The Hall–Kier alpha value is -1.31. The first-order chi connectivity index (χ1) is 9.93. The van der Waals surface area contributed by atoms with E-state index in [1.807, 2.05) is 18.2 Å². The molecule has 3 rings (SSSR count). The molecule has 0 aromatic heterocycles. The van der Waals surface area contributed by atoms with E-state index in [0.29, 0.717) is 11.8 Å². The van der Waals surface area contributed by atoms with Crippen molar-refractivity contribution >= 4 is 5.97 Å². The van der Waals surface area contributed by atoms with E-state index in [9.17, 15) is 4.79 Å². The average molecular weight is 286 g/mol. The molecule has 2 fully saturated rings. The molecule has 0 spiro atoms. The summed E-state index contributed by atoms with van der Waals surface area (Å²) in [7, 11) is 0. The van der Waals surface area contributed by atoms with Gasteiger partial charge in [0.1, 0.15) is 6.10 Å². The summed E-state index contributed by atoms with van der Waals surface area (Å²) in [5.74, 6) is 0.683. The minimum Gasteiger partial charge on any atom is -0.462 e. The lowest BCUT2D eigenvalue weighted by molar-refractivity contribution is -0.156. The van der Waals surface area contributed by atoms with Crippen molar-refractivity contribution in [3.63, 3.8) is 0 Å². The monoisotopic (exact) mass is 286 g/mol. The van der Waals surface area contributed by atoms with Crippen molar-refractivity contribution in [2.24, 2.45) is 16.7 Å². The summed E-state index contributed by atoms with van der Waals surface area (Å²) < 4.78 is 5.87. The molecule has 21 heavy (non-hydrogen) atoms. The number of fused-ring (bicyclic) bond motifs is 2. The summed E-state index contributed by atoms with van der Waals surface area (Å²) in [6, 6.07) is 10.2. The number of carbonyl (C=O) groups is 1. The minimum absolute atomic E-state index is 0.0339. The predicted octanol–water partition coefficient (Wildman–Crippen LogP) is 4.38. The van der Waals surface area contributed by atoms with Gasteiger partial charge in [0.05, 0.1) is 0 Å². The van der Waals surface area contributed by atoms with Crippen LogP contribution in [0.1, 0.15) is 52.0 Å². The highest BCUT2D eigenvalue weighted by atomic mass is 16.5. The topological polar surface area (TPSA) is 26.3 Å². The van der Waals surface area contributed by atoms with Crippen molar-refractivity contribution in [1.29, 1.82) is 0 Å². The first kappa shape index (κ1) is 14.6. The van der Waals surface area contributed by atoms with Crippen molar-refractivity contribution in [3.8, 4) is 0 Å². The average Bonchev–Trinajstić information content (AvgIpc) is 2.79. The van der Waals surface area contributed by atoms with Gasteiger partial charge in [0.15, 0.2) is 0 Å². The second-order valence-corrected chi connectivity index (χ2v) is 7.57. The first-order valence-corrected chi connectivity index (χ1v) is 8.17. The van der Waals surface area contributed by atoms with Crippen LogP contribution in [0.15, 0.2) is 30.3 Å². The van der Waals surface area contributed by atoms with E-state index in [-0.39, 0.29) is 17.5 Å². The van der Waals surface area contributed by atoms with Gasteiger partial charge in [0.25, 0.3) is 0 Å². The van der Waals surface area contributed by atoms with Crippen molar-refractivity contribution < 1.29 is 9.53 Å². The Morgan fingerprint density at radius 2 is 1.95 bits per heavy atom. The summed E-state index contributed by atoms with van der Waals surface area (Å²) in [6.45, 7) is 7.01. The van der Waals surface area contributed by atoms with Crippen LogP contribution in [0.2, 0.25) is 0 Å². The number of rotatable bonds is 4. The lowest BCUT2D eigenvalue weighted by Gasteiger charge is -2.38. The highest BCUT2D eigenvalue weighted by Crippen LogP contribution is 2.66. The fraction of sp³-hybridized carbons (Fsp3) is 0.632. The molecule has 2 nitrogen and oxygen atoms in total. The van der Waals surface area contributed by atoms with Gasteiger partial charge < -0.3 is 4.74 Å². The van der Waals surface area contributed by atoms with Crippen LogP contribution in [0, 0.1) is 16.7 Å². The molecule has 2 aliphatic rings. The number of ether oxygens (including phenoxy) is 1. The van der Waals surface area contributed by atoms with Gasteiger partial charge in [-0.15, -0.1) is 0 Å². The Kier molecular flexibility index (Phi) is 3.59. The predicted molar refractivity (Wildman–Crippen MR) is 83.9 cm³/mol. The van der Waals surface area contributed by atoms with Crippen molar-refractivity contribution in [3.05, 3.63) is 35.9 Å². The van der Waals surface area contributed by atoms with Crippen LogP contribution in [0.3, 0.4) is 0 Å². The van der Waals surface area contributed by atoms with E-state index in [4.69, 9.17) is 4.74 Å². The SMILES string of the molecule is CC1(C)[C@H]2CC[C@]1(C)[C@@H](OC(=O)CCc1ccccc1)C2. The lowest BCUT2D eigenvalue weighted by Crippen LogP contribution is -2.38. The highest BCUT2D eigenvalue weighted by Gasteiger charge is 2.62. The second-order valence-electron chi connectivity index (χ2n) is 7.57. The fourth-order valence-corrected chi connectivity index (χ4v) is 4.42. The number of hydrogen-bond acceptors (Lipinski definition) is 2. The summed E-state index contributed by atoms with van der Waals surface area (Å²) in [5, 5.41) is 0. The number of benzene rings is 1. The fourth-order valence-electron chi connectivity index (χ4n) is 4.42. The molecular weight excluding hydrogens is 260 g/mol. The molecule has 0 heterocycles. The van der Waals surface area contributed by atoms with Crippen LogP contribution in [0.4, 0.5) is 0 Å². The lowest BCUT2D eigenvalue weighted by atomic mass is 9.70. The molecule has 0 unspecified atom stereocenters. The zero-order chi connectivity index (χ0) is 15.1. The van der Waals surface area contributed by atoms with Crippen LogP contribution >= 0.6 is 0 Å². The third kappa shape index (κ3) is 2.39. The molecular formula is C19H26O2. The largest absolute Gasteiger partial charge is 0.462 e.